The molecule has 21 heavy (non-hydrogen) atoms. The van der Waals surface area contributed by atoms with Crippen LogP contribution in [0.4, 0.5) is 5.69 Å². The van der Waals surface area contributed by atoms with E-state index in [1.54, 1.807) is 0 Å². The minimum Gasteiger partial charge on any atom is -0.484 e. The molecule has 0 saturated carbocycles. The van der Waals surface area contributed by atoms with Crippen molar-refractivity contribution in [2.45, 2.75) is 27.7 Å². The molecule has 2 aromatic carbocycles. The van der Waals surface area contributed by atoms with Crippen LogP contribution in [0.15, 0.2) is 36.4 Å². The van der Waals surface area contributed by atoms with E-state index in [0.29, 0.717) is 5.75 Å². The standard InChI is InChI=1S/C18H21NO2/c1-12-5-7-16(8-6-12)21-11-17(20)19-18-14(3)9-13(2)10-15(18)4/h5-10H,11H2,1-4H3,(H,19,20). The Labute approximate surface area is 126 Å². The van der Waals surface area contributed by atoms with Crippen LogP contribution in [0.2, 0.25) is 0 Å². The van der Waals surface area contributed by atoms with Crippen molar-refractivity contribution in [3.8, 4) is 5.75 Å². The van der Waals surface area contributed by atoms with Crippen LogP contribution in [0.1, 0.15) is 22.3 Å². The van der Waals surface area contributed by atoms with Gasteiger partial charge in [0.25, 0.3) is 5.91 Å². The SMILES string of the molecule is Cc1ccc(OCC(=O)Nc2c(C)cc(C)cc2C)cc1. The van der Waals surface area contributed by atoms with Crippen LogP contribution in [-0.2, 0) is 4.79 Å². The van der Waals surface area contributed by atoms with Crippen molar-refractivity contribution in [3.63, 3.8) is 0 Å². The van der Waals surface area contributed by atoms with Crippen LogP contribution >= 0.6 is 0 Å². The number of amides is 1. The predicted molar refractivity (Wildman–Crippen MR) is 86.0 cm³/mol. The van der Waals surface area contributed by atoms with Gasteiger partial charge in [0.1, 0.15) is 5.75 Å². The van der Waals surface area contributed by atoms with Gasteiger partial charge in [0.2, 0.25) is 0 Å². The van der Waals surface area contributed by atoms with Gasteiger partial charge in [0.15, 0.2) is 6.61 Å². The average molecular weight is 283 g/mol. The second-order valence-electron chi connectivity index (χ2n) is 5.42. The fourth-order valence-corrected chi connectivity index (χ4v) is 2.34. The molecule has 0 atom stereocenters. The maximum atomic E-state index is 12.0. The Morgan fingerprint density at radius 3 is 2.10 bits per heavy atom. The monoisotopic (exact) mass is 283 g/mol. The molecule has 0 radical (unpaired) electrons. The summed E-state index contributed by atoms with van der Waals surface area (Å²) in [6.45, 7) is 8.06. The third kappa shape index (κ3) is 4.09. The Hall–Kier alpha value is -2.29. The maximum Gasteiger partial charge on any atom is 0.262 e. The molecule has 0 unspecified atom stereocenters. The summed E-state index contributed by atoms with van der Waals surface area (Å²) in [7, 11) is 0. The normalized spacial score (nSPS) is 10.3. The van der Waals surface area contributed by atoms with E-state index in [1.807, 2.05) is 52.0 Å². The first-order valence-corrected chi connectivity index (χ1v) is 7.03. The fraction of sp³-hybridized carbons (Fsp3) is 0.278. The fourth-order valence-electron chi connectivity index (χ4n) is 2.34. The number of hydrogen-bond donors (Lipinski definition) is 1. The molecule has 0 aromatic heterocycles. The summed E-state index contributed by atoms with van der Waals surface area (Å²) in [6.07, 6.45) is 0. The van der Waals surface area contributed by atoms with Crippen LogP contribution < -0.4 is 10.1 Å². The molecule has 0 aliphatic rings. The molecule has 0 spiro atoms. The van der Waals surface area contributed by atoms with Crippen molar-refractivity contribution in [2.75, 3.05) is 11.9 Å². The van der Waals surface area contributed by atoms with Crippen molar-refractivity contribution < 1.29 is 9.53 Å². The number of nitrogens with one attached hydrogen (secondary N) is 1. The average Bonchev–Trinajstić information content (AvgIpc) is 2.42. The summed E-state index contributed by atoms with van der Waals surface area (Å²) >= 11 is 0. The molecular weight excluding hydrogens is 262 g/mol. The number of aryl methyl sites for hydroxylation is 4. The highest BCUT2D eigenvalue weighted by atomic mass is 16.5. The van der Waals surface area contributed by atoms with Gasteiger partial charge in [-0.05, 0) is 51.0 Å². The molecule has 1 amide bonds. The highest BCUT2D eigenvalue weighted by molar-refractivity contribution is 5.93. The van der Waals surface area contributed by atoms with Crippen LogP contribution in [0, 0.1) is 27.7 Å². The maximum absolute atomic E-state index is 12.0. The second kappa shape index (κ2) is 6.44. The Morgan fingerprint density at radius 2 is 1.52 bits per heavy atom. The number of hydrogen-bond acceptors (Lipinski definition) is 2. The molecule has 3 heteroatoms. The van der Waals surface area contributed by atoms with E-state index >= 15 is 0 Å². The second-order valence-corrected chi connectivity index (χ2v) is 5.42. The van der Waals surface area contributed by atoms with Gasteiger partial charge < -0.3 is 10.1 Å². The zero-order valence-electron chi connectivity index (χ0n) is 13.0. The first kappa shape index (κ1) is 15.1. The number of carbonyl (C=O) groups is 1. The zero-order valence-corrected chi connectivity index (χ0v) is 13.0. The Bertz CT molecular complexity index is 622. The van der Waals surface area contributed by atoms with E-state index in [9.17, 15) is 4.79 Å². The lowest BCUT2D eigenvalue weighted by Crippen LogP contribution is -2.21. The zero-order chi connectivity index (χ0) is 15.4. The third-order valence-corrected chi connectivity index (χ3v) is 3.33. The van der Waals surface area contributed by atoms with Gasteiger partial charge in [-0.2, -0.15) is 0 Å². The van der Waals surface area contributed by atoms with Gasteiger partial charge in [-0.3, -0.25) is 4.79 Å². The lowest BCUT2D eigenvalue weighted by molar-refractivity contribution is -0.118. The van der Waals surface area contributed by atoms with Crippen LogP contribution in [-0.4, -0.2) is 12.5 Å². The van der Waals surface area contributed by atoms with E-state index in [4.69, 9.17) is 4.74 Å². The van der Waals surface area contributed by atoms with Crippen molar-refractivity contribution in [2.24, 2.45) is 0 Å². The molecule has 0 saturated heterocycles. The molecule has 0 bridgehead atoms. The smallest absolute Gasteiger partial charge is 0.262 e. The molecule has 0 heterocycles. The van der Waals surface area contributed by atoms with Crippen molar-refractivity contribution in [1.82, 2.24) is 0 Å². The van der Waals surface area contributed by atoms with E-state index < -0.39 is 0 Å². The van der Waals surface area contributed by atoms with Crippen LogP contribution in [0.25, 0.3) is 0 Å². The van der Waals surface area contributed by atoms with E-state index in [0.717, 1.165) is 22.4 Å². The molecule has 2 rings (SSSR count). The molecule has 110 valence electrons. The van der Waals surface area contributed by atoms with Gasteiger partial charge in [-0.25, -0.2) is 0 Å². The summed E-state index contributed by atoms with van der Waals surface area (Å²) in [5, 5.41) is 2.92. The van der Waals surface area contributed by atoms with Gasteiger partial charge in [0, 0.05) is 5.69 Å². The number of anilines is 1. The van der Waals surface area contributed by atoms with Crippen LogP contribution in [0.3, 0.4) is 0 Å². The predicted octanol–water partition coefficient (Wildman–Crippen LogP) is 3.94. The number of rotatable bonds is 4. The van der Waals surface area contributed by atoms with Gasteiger partial charge in [-0.1, -0.05) is 35.4 Å². The Kier molecular flexibility index (Phi) is 4.63. The summed E-state index contributed by atoms with van der Waals surface area (Å²) in [4.78, 5) is 12.0. The van der Waals surface area contributed by atoms with Crippen LogP contribution in [0.5, 0.6) is 5.75 Å². The van der Waals surface area contributed by atoms with Crippen molar-refractivity contribution in [3.05, 3.63) is 58.7 Å². The summed E-state index contributed by atoms with van der Waals surface area (Å²) in [5.74, 6) is 0.554. The van der Waals surface area contributed by atoms with Gasteiger partial charge in [-0.15, -0.1) is 0 Å². The Morgan fingerprint density at radius 1 is 0.952 bits per heavy atom. The minimum atomic E-state index is -0.148. The topological polar surface area (TPSA) is 38.3 Å². The van der Waals surface area contributed by atoms with Crippen molar-refractivity contribution >= 4 is 11.6 Å². The molecule has 0 fully saturated rings. The molecule has 0 aliphatic heterocycles. The molecule has 0 aliphatic carbocycles. The quantitative estimate of drug-likeness (QED) is 0.923. The van der Waals surface area contributed by atoms with E-state index in [-0.39, 0.29) is 12.5 Å². The first-order chi connectivity index (χ1) is 9.95. The number of carbonyl (C=O) groups excluding carboxylic acids is 1. The molecule has 1 N–H and O–H groups in total. The Balaban J connectivity index is 1.97. The van der Waals surface area contributed by atoms with Crippen molar-refractivity contribution in [1.29, 1.82) is 0 Å². The lowest BCUT2D eigenvalue weighted by atomic mass is 10.1. The number of ether oxygens (including phenoxy) is 1. The van der Waals surface area contributed by atoms with Gasteiger partial charge >= 0.3 is 0 Å². The highest BCUT2D eigenvalue weighted by Crippen LogP contribution is 2.21. The lowest BCUT2D eigenvalue weighted by Gasteiger charge is -2.13. The van der Waals surface area contributed by atoms with E-state index in [2.05, 4.69) is 17.4 Å². The number of benzene rings is 2. The minimum absolute atomic E-state index is 0.00974. The largest absolute Gasteiger partial charge is 0.484 e. The summed E-state index contributed by atoms with van der Waals surface area (Å²) < 4.78 is 5.49. The van der Waals surface area contributed by atoms with Gasteiger partial charge in [0.05, 0.1) is 0 Å². The third-order valence-electron chi connectivity index (χ3n) is 3.33. The first-order valence-electron chi connectivity index (χ1n) is 7.03. The molecular formula is C18H21NO2. The molecule has 3 nitrogen and oxygen atoms in total. The highest BCUT2D eigenvalue weighted by Gasteiger charge is 2.09. The molecule has 2 aromatic rings. The summed E-state index contributed by atoms with van der Waals surface area (Å²) in [5.41, 5.74) is 5.36. The van der Waals surface area contributed by atoms with E-state index in [1.165, 1.54) is 5.56 Å². The summed E-state index contributed by atoms with van der Waals surface area (Å²) in [6, 6.07) is 11.8.